The lowest BCUT2D eigenvalue weighted by atomic mass is 10.2. The SMILES string of the molecule is CCOCCN(C(=O)CCl)c1cccc(OC)c1. The molecule has 0 spiro atoms. The van der Waals surface area contributed by atoms with Gasteiger partial charge in [-0.3, -0.25) is 4.79 Å². The number of carbonyl (C=O) groups is 1. The van der Waals surface area contributed by atoms with E-state index in [-0.39, 0.29) is 11.8 Å². The summed E-state index contributed by atoms with van der Waals surface area (Å²) in [4.78, 5) is 13.4. The number of rotatable bonds is 7. The lowest BCUT2D eigenvalue weighted by molar-refractivity contribution is -0.116. The van der Waals surface area contributed by atoms with Crippen molar-refractivity contribution in [3.63, 3.8) is 0 Å². The molecule has 0 unspecified atom stereocenters. The topological polar surface area (TPSA) is 38.8 Å². The molecule has 4 nitrogen and oxygen atoms in total. The number of amides is 1. The molecule has 18 heavy (non-hydrogen) atoms. The average molecular weight is 272 g/mol. The molecular formula is C13H18ClNO3. The number of halogens is 1. The van der Waals surface area contributed by atoms with Crippen molar-refractivity contribution in [1.29, 1.82) is 0 Å². The molecule has 0 aliphatic rings. The van der Waals surface area contributed by atoms with Crippen molar-refractivity contribution >= 4 is 23.2 Å². The van der Waals surface area contributed by atoms with Gasteiger partial charge in [-0.1, -0.05) is 6.07 Å². The van der Waals surface area contributed by atoms with Crippen molar-refractivity contribution in [2.45, 2.75) is 6.92 Å². The number of carbonyl (C=O) groups excluding carboxylic acids is 1. The second-order valence-electron chi connectivity index (χ2n) is 3.58. The minimum atomic E-state index is -0.148. The average Bonchev–Trinajstić information content (AvgIpc) is 2.43. The first-order valence-corrected chi connectivity index (χ1v) is 6.34. The third kappa shape index (κ3) is 4.20. The number of nitrogens with zero attached hydrogens (tertiary/aromatic N) is 1. The first-order chi connectivity index (χ1) is 8.72. The maximum atomic E-state index is 11.8. The summed E-state index contributed by atoms with van der Waals surface area (Å²) in [7, 11) is 1.59. The van der Waals surface area contributed by atoms with Crippen molar-refractivity contribution < 1.29 is 14.3 Å². The molecule has 1 aromatic rings. The number of methoxy groups -OCH3 is 1. The molecule has 0 saturated carbocycles. The molecule has 1 aromatic carbocycles. The predicted molar refractivity (Wildman–Crippen MR) is 72.6 cm³/mol. The molecule has 0 aliphatic carbocycles. The standard InChI is InChI=1S/C13H18ClNO3/c1-3-18-8-7-15(13(16)10-14)11-5-4-6-12(9-11)17-2/h4-6,9H,3,7-8,10H2,1-2H3. The fraction of sp³-hybridized carbons (Fsp3) is 0.462. The van der Waals surface area contributed by atoms with Crippen LogP contribution in [-0.4, -0.2) is 38.7 Å². The fourth-order valence-corrected chi connectivity index (χ4v) is 1.69. The van der Waals surface area contributed by atoms with E-state index in [0.29, 0.717) is 25.5 Å². The van der Waals surface area contributed by atoms with Crippen molar-refractivity contribution in [3.05, 3.63) is 24.3 Å². The van der Waals surface area contributed by atoms with Gasteiger partial charge in [0.15, 0.2) is 0 Å². The highest BCUT2D eigenvalue weighted by atomic mass is 35.5. The van der Waals surface area contributed by atoms with E-state index < -0.39 is 0 Å². The van der Waals surface area contributed by atoms with E-state index >= 15 is 0 Å². The quantitative estimate of drug-likeness (QED) is 0.564. The van der Waals surface area contributed by atoms with Gasteiger partial charge < -0.3 is 14.4 Å². The van der Waals surface area contributed by atoms with Crippen LogP contribution in [0.2, 0.25) is 0 Å². The molecule has 0 aromatic heterocycles. The van der Waals surface area contributed by atoms with E-state index in [4.69, 9.17) is 21.1 Å². The molecule has 1 amide bonds. The van der Waals surface area contributed by atoms with Gasteiger partial charge in [0.2, 0.25) is 5.91 Å². The summed E-state index contributed by atoms with van der Waals surface area (Å²) in [6.07, 6.45) is 0. The number of benzene rings is 1. The van der Waals surface area contributed by atoms with E-state index in [9.17, 15) is 4.79 Å². The number of hydrogen-bond donors (Lipinski definition) is 0. The molecule has 0 fully saturated rings. The van der Waals surface area contributed by atoms with Gasteiger partial charge in [-0.05, 0) is 19.1 Å². The second kappa shape index (κ2) is 7.95. The van der Waals surface area contributed by atoms with Crippen molar-refractivity contribution in [1.82, 2.24) is 0 Å². The van der Waals surface area contributed by atoms with E-state index in [1.54, 1.807) is 18.1 Å². The van der Waals surface area contributed by atoms with Crippen LogP contribution in [0.3, 0.4) is 0 Å². The van der Waals surface area contributed by atoms with Gasteiger partial charge in [-0.25, -0.2) is 0 Å². The first kappa shape index (κ1) is 14.8. The monoisotopic (exact) mass is 271 g/mol. The Bertz CT molecular complexity index is 384. The Labute approximate surface area is 112 Å². The molecule has 0 aliphatic heterocycles. The molecule has 0 atom stereocenters. The number of hydrogen-bond acceptors (Lipinski definition) is 3. The van der Waals surface area contributed by atoms with Gasteiger partial charge in [0, 0.05) is 24.9 Å². The van der Waals surface area contributed by atoms with E-state index in [0.717, 1.165) is 5.69 Å². The summed E-state index contributed by atoms with van der Waals surface area (Å²) < 4.78 is 10.4. The van der Waals surface area contributed by atoms with Crippen LogP contribution < -0.4 is 9.64 Å². The Morgan fingerprint density at radius 2 is 2.22 bits per heavy atom. The van der Waals surface area contributed by atoms with Crippen molar-refractivity contribution in [2.75, 3.05) is 37.6 Å². The van der Waals surface area contributed by atoms with Gasteiger partial charge in [0.25, 0.3) is 0 Å². The van der Waals surface area contributed by atoms with Crippen LogP contribution in [-0.2, 0) is 9.53 Å². The molecular weight excluding hydrogens is 254 g/mol. The second-order valence-corrected chi connectivity index (χ2v) is 3.84. The number of alkyl halides is 1. The van der Waals surface area contributed by atoms with Gasteiger partial charge >= 0.3 is 0 Å². The molecule has 0 N–H and O–H groups in total. The summed E-state index contributed by atoms with van der Waals surface area (Å²) in [5, 5.41) is 0. The molecule has 0 radical (unpaired) electrons. The van der Waals surface area contributed by atoms with Crippen LogP contribution in [0.15, 0.2) is 24.3 Å². The number of anilines is 1. The third-order valence-corrected chi connectivity index (χ3v) is 2.67. The minimum Gasteiger partial charge on any atom is -0.497 e. The summed E-state index contributed by atoms with van der Waals surface area (Å²) in [5.74, 6) is 0.504. The predicted octanol–water partition coefficient (Wildman–Crippen LogP) is 2.30. The van der Waals surface area contributed by atoms with Crippen LogP contribution in [0.25, 0.3) is 0 Å². The molecule has 100 valence electrons. The minimum absolute atomic E-state index is 0.0522. The van der Waals surface area contributed by atoms with Gasteiger partial charge in [0.05, 0.1) is 13.7 Å². The Morgan fingerprint density at radius 1 is 1.44 bits per heavy atom. The normalized spacial score (nSPS) is 10.2. The highest BCUT2D eigenvalue weighted by Crippen LogP contribution is 2.21. The molecule has 5 heteroatoms. The Hall–Kier alpha value is -1.26. The number of ether oxygens (including phenoxy) is 2. The lowest BCUT2D eigenvalue weighted by Gasteiger charge is -2.22. The van der Waals surface area contributed by atoms with Gasteiger partial charge in [-0.15, -0.1) is 11.6 Å². The van der Waals surface area contributed by atoms with Crippen LogP contribution in [0.1, 0.15) is 6.92 Å². The maximum Gasteiger partial charge on any atom is 0.241 e. The zero-order chi connectivity index (χ0) is 13.4. The van der Waals surface area contributed by atoms with Crippen molar-refractivity contribution in [3.8, 4) is 5.75 Å². The Balaban J connectivity index is 2.83. The molecule has 1 rings (SSSR count). The molecule has 0 saturated heterocycles. The zero-order valence-corrected chi connectivity index (χ0v) is 11.4. The van der Waals surface area contributed by atoms with E-state index in [1.165, 1.54) is 0 Å². The van der Waals surface area contributed by atoms with Crippen LogP contribution in [0, 0.1) is 0 Å². The highest BCUT2D eigenvalue weighted by Gasteiger charge is 2.14. The maximum absolute atomic E-state index is 11.8. The van der Waals surface area contributed by atoms with Crippen molar-refractivity contribution in [2.24, 2.45) is 0 Å². The summed E-state index contributed by atoms with van der Waals surface area (Å²) in [6, 6.07) is 7.31. The third-order valence-electron chi connectivity index (χ3n) is 2.44. The summed E-state index contributed by atoms with van der Waals surface area (Å²) in [6.45, 7) is 3.50. The first-order valence-electron chi connectivity index (χ1n) is 5.81. The molecule has 0 bridgehead atoms. The Morgan fingerprint density at radius 3 is 2.83 bits per heavy atom. The van der Waals surface area contributed by atoms with Crippen LogP contribution >= 0.6 is 11.6 Å². The van der Waals surface area contributed by atoms with Crippen LogP contribution in [0.4, 0.5) is 5.69 Å². The summed E-state index contributed by atoms with van der Waals surface area (Å²) >= 11 is 5.62. The van der Waals surface area contributed by atoms with Gasteiger partial charge in [0.1, 0.15) is 11.6 Å². The van der Waals surface area contributed by atoms with Gasteiger partial charge in [-0.2, -0.15) is 0 Å². The van der Waals surface area contributed by atoms with E-state index in [1.807, 2.05) is 25.1 Å². The fourth-order valence-electron chi connectivity index (χ4n) is 1.55. The summed E-state index contributed by atoms with van der Waals surface area (Å²) in [5.41, 5.74) is 0.764. The Kier molecular flexibility index (Phi) is 6.54. The zero-order valence-electron chi connectivity index (χ0n) is 10.7. The van der Waals surface area contributed by atoms with Crippen LogP contribution in [0.5, 0.6) is 5.75 Å². The molecule has 0 heterocycles. The smallest absolute Gasteiger partial charge is 0.241 e. The van der Waals surface area contributed by atoms with E-state index in [2.05, 4.69) is 0 Å². The highest BCUT2D eigenvalue weighted by molar-refractivity contribution is 6.29. The lowest BCUT2D eigenvalue weighted by Crippen LogP contribution is -2.35. The largest absolute Gasteiger partial charge is 0.497 e.